The highest BCUT2D eigenvalue weighted by Gasteiger charge is 2.23. The number of ether oxygens (including phenoxy) is 1. The molecule has 0 aliphatic heterocycles. The summed E-state index contributed by atoms with van der Waals surface area (Å²) in [4.78, 5) is 32.7. The van der Waals surface area contributed by atoms with E-state index in [-0.39, 0.29) is 22.7 Å². The second kappa shape index (κ2) is 8.27. The molecule has 0 bridgehead atoms. The fourth-order valence-corrected chi connectivity index (χ4v) is 1.76. The Morgan fingerprint density at radius 2 is 1.90 bits per heavy atom. The van der Waals surface area contributed by atoms with Gasteiger partial charge in [-0.25, -0.2) is 4.79 Å². The molecule has 0 aliphatic rings. The number of methoxy groups -OCH3 is 1. The lowest BCUT2D eigenvalue weighted by Crippen LogP contribution is -2.19. The third kappa shape index (κ3) is 4.62. The zero-order valence-electron chi connectivity index (χ0n) is 11.7. The van der Waals surface area contributed by atoms with Gasteiger partial charge in [-0.15, -0.1) is 0 Å². The van der Waals surface area contributed by atoms with Crippen LogP contribution >= 0.6 is 11.6 Å². The molecular weight excluding hydrogens is 286 g/mol. The minimum absolute atomic E-state index is 0.166. The zero-order valence-corrected chi connectivity index (χ0v) is 12.5. The van der Waals surface area contributed by atoms with Gasteiger partial charge in [-0.05, 0) is 18.6 Å². The summed E-state index contributed by atoms with van der Waals surface area (Å²) in [5.74, 6) is -1.87. The number of ketones is 1. The van der Waals surface area contributed by atoms with Gasteiger partial charge in [0.25, 0.3) is 5.69 Å². The number of Topliss-reactive ketones (excluding diaryl/α,β-unsaturated/α-hetero) is 1. The molecule has 6 nitrogen and oxygen atoms in total. The first kappa shape index (κ1) is 18.0. The average Bonchev–Trinajstić information content (AvgIpc) is 2.42. The van der Waals surface area contributed by atoms with Gasteiger partial charge in [-0.2, -0.15) is 0 Å². The van der Waals surface area contributed by atoms with Crippen molar-refractivity contribution in [2.45, 2.75) is 27.2 Å². The molecule has 7 heteroatoms. The number of nitro benzene ring substituents is 1. The Labute approximate surface area is 121 Å². The summed E-state index contributed by atoms with van der Waals surface area (Å²) in [5.41, 5.74) is 0.364. The van der Waals surface area contributed by atoms with Crippen molar-refractivity contribution in [2.75, 3.05) is 7.11 Å². The second-order valence-corrected chi connectivity index (χ2v) is 4.01. The summed E-state index contributed by atoms with van der Waals surface area (Å²) in [6.45, 7) is 5.58. The molecule has 0 N–H and O–H groups in total. The molecule has 0 unspecified atom stereocenters. The number of aryl methyl sites for hydroxylation is 1. The van der Waals surface area contributed by atoms with Crippen molar-refractivity contribution in [1.29, 1.82) is 0 Å². The first-order chi connectivity index (χ1) is 9.36. The number of halogens is 1. The van der Waals surface area contributed by atoms with Crippen LogP contribution in [-0.2, 0) is 20.7 Å². The molecule has 20 heavy (non-hydrogen) atoms. The summed E-state index contributed by atoms with van der Waals surface area (Å²) in [7, 11) is 1.07. The number of carbonyl (C=O) groups excluding carboxylic acids is 2. The van der Waals surface area contributed by atoms with Crippen LogP contribution in [0.2, 0.25) is 5.02 Å². The molecule has 0 aliphatic carbocycles. The Balaban J connectivity index is 0.00000172. The Hall–Kier alpha value is -1.95. The van der Waals surface area contributed by atoms with Gasteiger partial charge in [-0.1, -0.05) is 25.4 Å². The fourth-order valence-electron chi connectivity index (χ4n) is 1.49. The van der Waals surface area contributed by atoms with Gasteiger partial charge in [0.1, 0.15) is 0 Å². The van der Waals surface area contributed by atoms with E-state index in [2.05, 4.69) is 4.74 Å². The first-order valence-corrected chi connectivity index (χ1v) is 6.29. The monoisotopic (exact) mass is 301 g/mol. The molecular formula is C13H16ClNO5. The summed E-state index contributed by atoms with van der Waals surface area (Å²) >= 11 is 5.71. The maximum absolute atomic E-state index is 11.4. The summed E-state index contributed by atoms with van der Waals surface area (Å²) in [5, 5.41) is 11.1. The van der Waals surface area contributed by atoms with Crippen molar-refractivity contribution >= 4 is 29.0 Å². The minimum atomic E-state index is -1.03. The van der Waals surface area contributed by atoms with Gasteiger partial charge in [-0.3, -0.25) is 14.9 Å². The highest BCUT2D eigenvalue weighted by atomic mass is 35.5. The maximum Gasteiger partial charge on any atom is 0.374 e. The number of carbonyl (C=O) groups is 2. The average molecular weight is 302 g/mol. The molecule has 110 valence electrons. The van der Waals surface area contributed by atoms with Crippen molar-refractivity contribution in [3.63, 3.8) is 0 Å². The van der Waals surface area contributed by atoms with E-state index >= 15 is 0 Å². The molecule has 0 saturated heterocycles. The minimum Gasteiger partial charge on any atom is -0.463 e. The number of benzene rings is 1. The topological polar surface area (TPSA) is 86.5 Å². The first-order valence-electron chi connectivity index (χ1n) is 5.91. The lowest BCUT2D eigenvalue weighted by Gasteiger charge is -2.06. The Morgan fingerprint density at radius 3 is 2.35 bits per heavy atom. The van der Waals surface area contributed by atoms with Crippen LogP contribution in [0.25, 0.3) is 0 Å². The van der Waals surface area contributed by atoms with Crippen molar-refractivity contribution < 1.29 is 19.2 Å². The van der Waals surface area contributed by atoms with Crippen LogP contribution in [0.4, 0.5) is 5.69 Å². The highest BCUT2D eigenvalue weighted by Crippen LogP contribution is 2.27. The quantitative estimate of drug-likeness (QED) is 0.369. The van der Waals surface area contributed by atoms with Crippen molar-refractivity contribution in [2.24, 2.45) is 0 Å². The molecule has 0 heterocycles. The number of hydrogen-bond donors (Lipinski definition) is 0. The van der Waals surface area contributed by atoms with Crippen LogP contribution in [0.1, 0.15) is 25.0 Å². The van der Waals surface area contributed by atoms with Crippen LogP contribution < -0.4 is 0 Å². The van der Waals surface area contributed by atoms with E-state index in [4.69, 9.17) is 11.6 Å². The molecule has 0 spiro atoms. The Bertz CT molecular complexity index is 528. The number of nitro groups is 1. The number of rotatable bonds is 4. The molecule has 0 fully saturated rings. The zero-order chi connectivity index (χ0) is 15.9. The van der Waals surface area contributed by atoms with Crippen LogP contribution in [0.5, 0.6) is 0 Å². The SMILES string of the molecule is CC.COC(=O)C(=O)Cc1c(C)cc(Cl)cc1[N+](=O)[O-]. The summed E-state index contributed by atoms with van der Waals surface area (Å²) < 4.78 is 4.26. The van der Waals surface area contributed by atoms with Crippen molar-refractivity contribution in [3.05, 3.63) is 38.4 Å². The lowest BCUT2D eigenvalue weighted by atomic mass is 10.0. The molecule has 1 aromatic carbocycles. The summed E-state index contributed by atoms with van der Waals surface area (Å²) in [6.07, 6.45) is -0.383. The Morgan fingerprint density at radius 1 is 1.35 bits per heavy atom. The number of nitrogens with zero attached hydrogens (tertiary/aromatic N) is 1. The van der Waals surface area contributed by atoms with Gasteiger partial charge < -0.3 is 4.74 Å². The summed E-state index contributed by atoms with van der Waals surface area (Å²) in [6, 6.07) is 2.64. The van der Waals surface area contributed by atoms with E-state index in [0.29, 0.717) is 5.56 Å². The number of esters is 1. The predicted molar refractivity (Wildman–Crippen MR) is 74.9 cm³/mol. The fraction of sp³-hybridized carbons (Fsp3) is 0.385. The predicted octanol–water partition coefficient (Wildman–Crippen LogP) is 2.87. The third-order valence-electron chi connectivity index (χ3n) is 2.36. The van der Waals surface area contributed by atoms with Gasteiger partial charge in [0, 0.05) is 16.7 Å². The molecule has 0 saturated carbocycles. The maximum atomic E-state index is 11.4. The molecule has 0 amide bonds. The molecule has 0 aromatic heterocycles. The van der Waals surface area contributed by atoms with Gasteiger partial charge in [0.15, 0.2) is 0 Å². The highest BCUT2D eigenvalue weighted by molar-refractivity contribution is 6.34. The molecule has 0 atom stereocenters. The van der Waals surface area contributed by atoms with E-state index in [1.54, 1.807) is 6.92 Å². The normalized spacial score (nSPS) is 9.25. The molecule has 1 aromatic rings. The van der Waals surface area contributed by atoms with Crippen LogP contribution in [0, 0.1) is 17.0 Å². The smallest absolute Gasteiger partial charge is 0.374 e. The van der Waals surface area contributed by atoms with Crippen LogP contribution in [0.3, 0.4) is 0 Å². The van der Waals surface area contributed by atoms with Crippen LogP contribution in [0.15, 0.2) is 12.1 Å². The van der Waals surface area contributed by atoms with E-state index in [1.165, 1.54) is 6.07 Å². The van der Waals surface area contributed by atoms with E-state index in [1.807, 2.05) is 13.8 Å². The van der Waals surface area contributed by atoms with Gasteiger partial charge >= 0.3 is 5.97 Å². The van der Waals surface area contributed by atoms with E-state index < -0.39 is 16.7 Å². The standard InChI is InChI=1S/C11H10ClNO5.C2H6/c1-6-3-7(12)4-9(13(16)17)8(6)5-10(14)11(15)18-2;1-2/h3-4H,5H2,1-2H3;1-2H3. The van der Waals surface area contributed by atoms with E-state index in [9.17, 15) is 19.7 Å². The van der Waals surface area contributed by atoms with Crippen molar-refractivity contribution in [1.82, 2.24) is 0 Å². The van der Waals surface area contributed by atoms with Crippen LogP contribution in [-0.4, -0.2) is 23.8 Å². The van der Waals surface area contributed by atoms with Gasteiger partial charge in [0.05, 0.1) is 18.5 Å². The Kier molecular flexibility index (Phi) is 7.46. The second-order valence-electron chi connectivity index (χ2n) is 3.57. The van der Waals surface area contributed by atoms with Gasteiger partial charge in [0.2, 0.25) is 5.78 Å². The van der Waals surface area contributed by atoms with Crippen molar-refractivity contribution in [3.8, 4) is 0 Å². The lowest BCUT2D eigenvalue weighted by molar-refractivity contribution is -0.385. The molecule has 1 rings (SSSR count). The number of hydrogen-bond acceptors (Lipinski definition) is 5. The third-order valence-corrected chi connectivity index (χ3v) is 2.58. The molecule has 0 radical (unpaired) electrons. The van der Waals surface area contributed by atoms with E-state index in [0.717, 1.165) is 13.2 Å². The largest absolute Gasteiger partial charge is 0.463 e.